The normalized spacial score (nSPS) is 14.8. The molecule has 0 aliphatic heterocycles. The molecule has 1 fully saturated rings. The molecule has 1 saturated carbocycles. The van der Waals surface area contributed by atoms with E-state index in [1.165, 1.54) is 24.1 Å². The molecule has 1 aromatic carbocycles. The van der Waals surface area contributed by atoms with E-state index in [1.807, 2.05) is 12.3 Å². The van der Waals surface area contributed by atoms with Gasteiger partial charge in [-0.25, -0.2) is 0 Å². The highest BCUT2D eigenvalue weighted by Crippen LogP contribution is 2.44. The average molecular weight is 270 g/mol. The molecule has 1 aliphatic rings. The third-order valence-electron chi connectivity index (χ3n) is 3.38. The first-order valence-corrected chi connectivity index (χ1v) is 6.59. The quantitative estimate of drug-likeness (QED) is 0.838. The van der Waals surface area contributed by atoms with Gasteiger partial charge in [-0.3, -0.25) is 9.78 Å². The van der Waals surface area contributed by atoms with Gasteiger partial charge >= 0.3 is 0 Å². The average Bonchev–Trinajstić information content (AvgIpc) is 3.29. The number of hydrogen-bond acceptors (Lipinski definition) is 3. The zero-order valence-electron chi connectivity index (χ0n) is 11.2. The Morgan fingerprint density at radius 2 is 1.80 bits per heavy atom. The summed E-state index contributed by atoms with van der Waals surface area (Å²) in [5.74, 6) is 0. The molecule has 0 radical (unpaired) electrons. The number of pyridine rings is 1. The first-order chi connectivity index (χ1) is 9.80. The number of rotatable bonds is 4. The van der Waals surface area contributed by atoms with Crippen LogP contribution in [0.15, 0.2) is 54.7 Å². The summed E-state index contributed by atoms with van der Waals surface area (Å²) in [5, 5.41) is 10.5. The van der Waals surface area contributed by atoms with Crippen LogP contribution in [0.2, 0.25) is 0 Å². The third kappa shape index (κ3) is 3.65. The summed E-state index contributed by atoms with van der Waals surface area (Å²) < 4.78 is 0. The van der Waals surface area contributed by atoms with E-state index >= 15 is 0 Å². The van der Waals surface area contributed by atoms with Crippen LogP contribution < -0.4 is 5.32 Å². The maximum Gasteiger partial charge on any atom is 0.290 e. The van der Waals surface area contributed by atoms with Crippen molar-refractivity contribution >= 4 is 6.47 Å². The highest BCUT2D eigenvalue weighted by atomic mass is 16.3. The minimum Gasteiger partial charge on any atom is -0.483 e. The lowest BCUT2D eigenvalue weighted by Crippen LogP contribution is -2.29. The molecule has 0 spiro atoms. The highest BCUT2D eigenvalue weighted by Gasteiger charge is 2.44. The fourth-order valence-electron chi connectivity index (χ4n) is 2.16. The smallest absolute Gasteiger partial charge is 0.290 e. The molecule has 3 rings (SSSR count). The molecular weight excluding hydrogens is 252 g/mol. The summed E-state index contributed by atoms with van der Waals surface area (Å²) in [4.78, 5) is 12.8. The van der Waals surface area contributed by atoms with Crippen molar-refractivity contribution in [3.05, 3.63) is 66.0 Å². The van der Waals surface area contributed by atoms with Gasteiger partial charge in [0.05, 0.1) is 11.2 Å². The summed E-state index contributed by atoms with van der Waals surface area (Å²) >= 11 is 0. The Labute approximate surface area is 118 Å². The molecular formula is C16H18N2O2. The molecule has 0 atom stereocenters. The predicted octanol–water partition coefficient (Wildman–Crippen LogP) is 2.56. The van der Waals surface area contributed by atoms with Gasteiger partial charge in [0.2, 0.25) is 0 Å². The summed E-state index contributed by atoms with van der Waals surface area (Å²) in [7, 11) is 0. The van der Waals surface area contributed by atoms with Crippen molar-refractivity contribution in [2.45, 2.75) is 24.9 Å². The van der Waals surface area contributed by atoms with Crippen LogP contribution >= 0.6 is 0 Å². The molecule has 0 amide bonds. The summed E-state index contributed by atoms with van der Waals surface area (Å²) in [6.45, 7) is 0.664. The SMILES string of the molecule is O=CO.c1ccc(CNC2(c3ccccn3)CC2)cc1. The van der Waals surface area contributed by atoms with Crippen LogP contribution in [0, 0.1) is 0 Å². The Morgan fingerprint density at radius 3 is 2.35 bits per heavy atom. The predicted molar refractivity (Wildman–Crippen MR) is 77.1 cm³/mol. The zero-order valence-corrected chi connectivity index (χ0v) is 11.2. The van der Waals surface area contributed by atoms with Crippen molar-refractivity contribution in [1.29, 1.82) is 0 Å². The molecule has 1 heterocycles. The van der Waals surface area contributed by atoms with E-state index < -0.39 is 0 Å². The van der Waals surface area contributed by atoms with Crippen molar-refractivity contribution < 1.29 is 9.90 Å². The largest absolute Gasteiger partial charge is 0.483 e. The number of carbonyl (C=O) groups is 1. The van der Waals surface area contributed by atoms with Crippen LogP contribution in [0.3, 0.4) is 0 Å². The Bertz CT molecular complexity index is 525. The van der Waals surface area contributed by atoms with Gasteiger partial charge < -0.3 is 10.4 Å². The summed E-state index contributed by atoms with van der Waals surface area (Å²) in [6, 6.07) is 16.7. The van der Waals surface area contributed by atoms with E-state index in [4.69, 9.17) is 9.90 Å². The van der Waals surface area contributed by atoms with Crippen LogP contribution in [-0.2, 0) is 16.9 Å². The molecule has 0 saturated heterocycles. The molecule has 2 N–H and O–H groups in total. The molecule has 0 bridgehead atoms. The summed E-state index contributed by atoms with van der Waals surface area (Å²) in [5.41, 5.74) is 2.64. The fraction of sp³-hybridized carbons (Fsp3) is 0.250. The van der Waals surface area contributed by atoms with Crippen molar-refractivity contribution in [3.63, 3.8) is 0 Å². The molecule has 4 heteroatoms. The summed E-state index contributed by atoms with van der Waals surface area (Å²) in [6.07, 6.45) is 4.26. The second-order valence-electron chi connectivity index (χ2n) is 4.74. The number of nitrogens with zero attached hydrogens (tertiary/aromatic N) is 1. The second-order valence-corrected chi connectivity index (χ2v) is 4.74. The standard InChI is InChI=1S/C15H16N2.CH2O2/c1-2-6-13(7-3-1)12-17-15(9-10-15)14-8-4-5-11-16-14;2-1-3/h1-8,11,17H,9-10,12H2;1H,(H,2,3). The molecule has 0 unspecified atom stereocenters. The Balaban J connectivity index is 0.000000452. The number of benzene rings is 1. The minimum absolute atomic E-state index is 0.136. The molecule has 104 valence electrons. The Kier molecular flexibility index (Phi) is 4.85. The lowest BCUT2D eigenvalue weighted by atomic mass is 10.1. The van der Waals surface area contributed by atoms with Gasteiger partial charge in [0, 0.05) is 12.7 Å². The Hall–Kier alpha value is -2.20. The molecule has 20 heavy (non-hydrogen) atoms. The number of aromatic nitrogens is 1. The molecule has 2 aromatic rings. The number of carboxylic acid groups (broad SMARTS) is 1. The molecule has 4 nitrogen and oxygen atoms in total. The van der Waals surface area contributed by atoms with Crippen molar-refractivity contribution in [2.75, 3.05) is 0 Å². The monoisotopic (exact) mass is 270 g/mol. The van der Waals surface area contributed by atoms with E-state index in [-0.39, 0.29) is 12.0 Å². The lowest BCUT2D eigenvalue weighted by Gasteiger charge is -2.16. The lowest BCUT2D eigenvalue weighted by molar-refractivity contribution is -0.122. The van der Waals surface area contributed by atoms with Gasteiger partial charge in [-0.05, 0) is 30.5 Å². The second kappa shape index (κ2) is 6.82. The number of hydrogen-bond donors (Lipinski definition) is 2. The van der Waals surface area contributed by atoms with Gasteiger partial charge in [0.15, 0.2) is 0 Å². The van der Waals surface area contributed by atoms with Crippen LogP contribution in [0.25, 0.3) is 0 Å². The van der Waals surface area contributed by atoms with Gasteiger partial charge in [-0.1, -0.05) is 36.4 Å². The van der Waals surface area contributed by atoms with Gasteiger partial charge in [0.1, 0.15) is 0 Å². The number of nitrogens with one attached hydrogen (secondary N) is 1. The van der Waals surface area contributed by atoms with Gasteiger partial charge in [0.25, 0.3) is 6.47 Å². The van der Waals surface area contributed by atoms with Crippen LogP contribution in [0.5, 0.6) is 0 Å². The van der Waals surface area contributed by atoms with Crippen molar-refractivity contribution in [1.82, 2.24) is 10.3 Å². The topological polar surface area (TPSA) is 62.2 Å². The first-order valence-electron chi connectivity index (χ1n) is 6.59. The van der Waals surface area contributed by atoms with Crippen LogP contribution in [0.1, 0.15) is 24.1 Å². The minimum atomic E-state index is -0.250. The highest BCUT2D eigenvalue weighted by molar-refractivity contribution is 5.32. The van der Waals surface area contributed by atoms with Gasteiger partial charge in [-0.2, -0.15) is 0 Å². The molecule has 1 aromatic heterocycles. The van der Waals surface area contributed by atoms with Crippen molar-refractivity contribution in [3.8, 4) is 0 Å². The van der Waals surface area contributed by atoms with Crippen molar-refractivity contribution in [2.24, 2.45) is 0 Å². The maximum absolute atomic E-state index is 8.36. The zero-order chi connectivity index (χ0) is 14.3. The Morgan fingerprint density at radius 1 is 1.15 bits per heavy atom. The fourth-order valence-corrected chi connectivity index (χ4v) is 2.16. The van der Waals surface area contributed by atoms with E-state index in [1.54, 1.807) is 0 Å². The van der Waals surface area contributed by atoms with E-state index in [9.17, 15) is 0 Å². The van der Waals surface area contributed by atoms with Crippen LogP contribution in [0.4, 0.5) is 0 Å². The van der Waals surface area contributed by atoms with E-state index in [0.29, 0.717) is 0 Å². The maximum atomic E-state index is 8.36. The third-order valence-corrected chi connectivity index (χ3v) is 3.38. The van der Waals surface area contributed by atoms with E-state index in [2.05, 4.69) is 52.8 Å². The van der Waals surface area contributed by atoms with Gasteiger partial charge in [-0.15, -0.1) is 0 Å². The van der Waals surface area contributed by atoms with E-state index in [0.717, 1.165) is 6.54 Å². The first kappa shape index (κ1) is 14.2. The van der Waals surface area contributed by atoms with Crippen LogP contribution in [-0.4, -0.2) is 16.6 Å². The molecule has 1 aliphatic carbocycles.